The van der Waals surface area contributed by atoms with Gasteiger partial charge in [0.25, 0.3) is 11.8 Å². The number of carbonyl (C=O) groups is 2. The van der Waals surface area contributed by atoms with Crippen molar-refractivity contribution in [2.24, 2.45) is 0 Å². The fraction of sp³-hybridized carbons (Fsp3) is 0.286. The Kier molecular flexibility index (Phi) is 10.8. The Balaban J connectivity index is 1.71. The number of hydrogen-bond donors (Lipinski definition) is 2. The fourth-order valence-corrected chi connectivity index (χ4v) is 3.35. The first-order chi connectivity index (χ1) is 17.6. The van der Waals surface area contributed by atoms with Gasteiger partial charge in [-0.05, 0) is 50.2 Å². The van der Waals surface area contributed by atoms with E-state index < -0.39 is 0 Å². The van der Waals surface area contributed by atoms with Crippen molar-refractivity contribution in [2.45, 2.75) is 13.8 Å². The number of para-hydroxylation sites is 4. The number of benzene rings is 3. The monoisotopic (exact) mass is 492 g/mol. The van der Waals surface area contributed by atoms with Gasteiger partial charge in [0, 0.05) is 13.2 Å². The maximum absolute atomic E-state index is 13.1. The molecule has 3 aromatic rings. The van der Waals surface area contributed by atoms with E-state index in [1.807, 2.05) is 13.8 Å². The molecule has 0 saturated carbocycles. The summed E-state index contributed by atoms with van der Waals surface area (Å²) in [6.45, 7) is 6.53. The first-order valence-corrected chi connectivity index (χ1v) is 11.9. The van der Waals surface area contributed by atoms with E-state index >= 15 is 0 Å². The molecule has 8 nitrogen and oxygen atoms in total. The van der Waals surface area contributed by atoms with Crippen LogP contribution < -0.4 is 20.1 Å². The molecule has 0 unspecified atom stereocenters. The molecule has 0 atom stereocenters. The Morgan fingerprint density at radius 3 is 1.39 bits per heavy atom. The molecule has 0 aliphatic rings. The van der Waals surface area contributed by atoms with E-state index in [9.17, 15) is 9.59 Å². The van der Waals surface area contributed by atoms with E-state index in [4.69, 9.17) is 18.9 Å². The topological polar surface area (TPSA) is 95.1 Å². The highest BCUT2D eigenvalue weighted by molar-refractivity contribution is 6.11. The molecule has 0 heterocycles. The van der Waals surface area contributed by atoms with E-state index in [2.05, 4.69) is 10.6 Å². The second-order valence-electron chi connectivity index (χ2n) is 7.54. The maximum Gasteiger partial charge on any atom is 0.259 e. The van der Waals surface area contributed by atoms with Crippen molar-refractivity contribution >= 4 is 23.2 Å². The summed E-state index contributed by atoms with van der Waals surface area (Å²) in [5.74, 6) is 0.190. The van der Waals surface area contributed by atoms with Gasteiger partial charge in [-0.3, -0.25) is 9.59 Å². The van der Waals surface area contributed by atoms with E-state index in [1.54, 1.807) is 72.8 Å². The van der Waals surface area contributed by atoms with Gasteiger partial charge in [-0.2, -0.15) is 0 Å². The van der Waals surface area contributed by atoms with Gasteiger partial charge in [-0.15, -0.1) is 0 Å². The van der Waals surface area contributed by atoms with Crippen LogP contribution in [0.4, 0.5) is 11.4 Å². The average Bonchev–Trinajstić information content (AvgIpc) is 2.90. The highest BCUT2D eigenvalue weighted by Crippen LogP contribution is 2.26. The van der Waals surface area contributed by atoms with Gasteiger partial charge in [0.05, 0.1) is 35.7 Å². The van der Waals surface area contributed by atoms with Crippen molar-refractivity contribution in [3.05, 3.63) is 83.9 Å². The molecular weight excluding hydrogens is 460 g/mol. The SMILES string of the molecule is CCOCCOc1ccccc1C(=O)Nc1ccccc1NC(=O)c1ccccc1OCCOCC. The fourth-order valence-electron chi connectivity index (χ4n) is 3.35. The molecule has 0 fully saturated rings. The molecule has 0 saturated heterocycles. The Bertz CT molecular complexity index is 1050. The van der Waals surface area contributed by atoms with Crippen LogP contribution in [0.25, 0.3) is 0 Å². The number of anilines is 2. The third-order valence-corrected chi connectivity index (χ3v) is 5.07. The second kappa shape index (κ2) is 14.5. The quantitative estimate of drug-likeness (QED) is 0.307. The molecule has 0 radical (unpaired) electrons. The molecule has 0 aliphatic carbocycles. The number of amides is 2. The van der Waals surface area contributed by atoms with Crippen LogP contribution in [0.1, 0.15) is 34.6 Å². The lowest BCUT2D eigenvalue weighted by Crippen LogP contribution is -2.18. The van der Waals surface area contributed by atoms with Gasteiger partial charge in [0.15, 0.2) is 0 Å². The third kappa shape index (κ3) is 7.83. The van der Waals surface area contributed by atoms with E-state index in [0.29, 0.717) is 73.6 Å². The maximum atomic E-state index is 13.1. The van der Waals surface area contributed by atoms with Crippen LogP contribution in [0.15, 0.2) is 72.8 Å². The van der Waals surface area contributed by atoms with Gasteiger partial charge in [-0.1, -0.05) is 36.4 Å². The molecule has 0 spiro atoms. The summed E-state index contributed by atoms with van der Waals surface area (Å²) >= 11 is 0. The predicted octanol–water partition coefficient (Wildman–Crippen LogP) is 5.02. The molecule has 0 aromatic heterocycles. The van der Waals surface area contributed by atoms with Crippen LogP contribution in [-0.4, -0.2) is 51.5 Å². The first-order valence-electron chi connectivity index (χ1n) is 11.9. The van der Waals surface area contributed by atoms with Crippen molar-refractivity contribution in [1.29, 1.82) is 0 Å². The zero-order chi connectivity index (χ0) is 25.6. The number of rotatable bonds is 14. The molecule has 3 aromatic carbocycles. The molecule has 0 bridgehead atoms. The normalized spacial score (nSPS) is 10.5. The van der Waals surface area contributed by atoms with Crippen LogP contribution >= 0.6 is 0 Å². The Labute approximate surface area is 211 Å². The highest BCUT2D eigenvalue weighted by Gasteiger charge is 2.17. The number of nitrogens with one attached hydrogen (secondary N) is 2. The van der Waals surface area contributed by atoms with Crippen LogP contribution in [0, 0.1) is 0 Å². The van der Waals surface area contributed by atoms with Gasteiger partial charge < -0.3 is 29.6 Å². The molecule has 0 aliphatic heterocycles. The first kappa shape index (κ1) is 26.7. The lowest BCUT2D eigenvalue weighted by molar-refractivity contribution is 0.0990. The smallest absolute Gasteiger partial charge is 0.259 e. The lowest BCUT2D eigenvalue weighted by atomic mass is 10.1. The zero-order valence-electron chi connectivity index (χ0n) is 20.6. The highest BCUT2D eigenvalue weighted by atomic mass is 16.5. The second-order valence-corrected chi connectivity index (χ2v) is 7.54. The van der Waals surface area contributed by atoms with Crippen LogP contribution in [0.2, 0.25) is 0 Å². The minimum atomic E-state index is -0.358. The van der Waals surface area contributed by atoms with E-state index in [0.717, 1.165) is 0 Å². The van der Waals surface area contributed by atoms with Gasteiger partial charge in [0.1, 0.15) is 24.7 Å². The Morgan fingerprint density at radius 1 is 0.583 bits per heavy atom. The summed E-state index contributed by atoms with van der Waals surface area (Å²) in [7, 11) is 0. The summed E-state index contributed by atoms with van der Waals surface area (Å²) in [5, 5.41) is 5.75. The number of ether oxygens (including phenoxy) is 4. The van der Waals surface area contributed by atoms with Crippen LogP contribution in [0.5, 0.6) is 11.5 Å². The van der Waals surface area contributed by atoms with Gasteiger partial charge in [-0.25, -0.2) is 0 Å². The van der Waals surface area contributed by atoms with Crippen molar-refractivity contribution in [1.82, 2.24) is 0 Å². The van der Waals surface area contributed by atoms with Crippen molar-refractivity contribution in [2.75, 3.05) is 50.3 Å². The predicted molar refractivity (Wildman–Crippen MR) is 139 cm³/mol. The average molecular weight is 493 g/mol. The van der Waals surface area contributed by atoms with Crippen molar-refractivity contribution in [3.8, 4) is 11.5 Å². The molecule has 190 valence electrons. The van der Waals surface area contributed by atoms with Crippen LogP contribution in [0.3, 0.4) is 0 Å². The molecule has 3 rings (SSSR count). The number of hydrogen-bond acceptors (Lipinski definition) is 6. The summed E-state index contributed by atoms with van der Waals surface area (Å²) in [4.78, 5) is 26.2. The van der Waals surface area contributed by atoms with Gasteiger partial charge in [0.2, 0.25) is 0 Å². The molecule has 8 heteroatoms. The number of carbonyl (C=O) groups excluding carboxylic acids is 2. The summed E-state index contributed by atoms with van der Waals surface area (Å²) < 4.78 is 22.1. The summed E-state index contributed by atoms with van der Waals surface area (Å²) in [6, 6.07) is 21.0. The Hall–Kier alpha value is -3.88. The Morgan fingerprint density at radius 2 is 0.972 bits per heavy atom. The van der Waals surface area contributed by atoms with Crippen molar-refractivity contribution < 1.29 is 28.5 Å². The molecular formula is C28H32N2O6. The van der Waals surface area contributed by atoms with E-state index in [-0.39, 0.29) is 11.8 Å². The standard InChI is InChI=1S/C28H32N2O6/c1-3-33-17-19-35-25-15-9-5-11-21(25)27(31)29-23-13-7-8-14-24(23)30-28(32)22-12-6-10-16-26(22)36-20-18-34-4-2/h5-16H,3-4,17-20H2,1-2H3,(H,29,31)(H,30,32). The van der Waals surface area contributed by atoms with Crippen LogP contribution in [-0.2, 0) is 9.47 Å². The summed E-state index contributed by atoms with van der Waals surface area (Å²) in [6.07, 6.45) is 0. The van der Waals surface area contributed by atoms with Gasteiger partial charge >= 0.3 is 0 Å². The third-order valence-electron chi connectivity index (χ3n) is 5.07. The summed E-state index contributed by atoms with van der Waals surface area (Å²) in [5.41, 5.74) is 1.66. The molecule has 36 heavy (non-hydrogen) atoms. The lowest BCUT2D eigenvalue weighted by Gasteiger charge is -2.15. The van der Waals surface area contributed by atoms with E-state index in [1.165, 1.54) is 0 Å². The molecule has 2 amide bonds. The largest absolute Gasteiger partial charge is 0.490 e. The van der Waals surface area contributed by atoms with Crippen molar-refractivity contribution in [3.63, 3.8) is 0 Å². The minimum Gasteiger partial charge on any atom is -0.490 e. The molecule has 2 N–H and O–H groups in total. The minimum absolute atomic E-state index is 0.330. The zero-order valence-corrected chi connectivity index (χ0v) is 20.6.